The third kappa shape index (κ3) is 4.75. The molecule has 1 aliphatic rings. The van der Waals surface area contributed by atoms with Crippen molar-refractivity contribution >= 4 is 34.5 Å². The van der Waals surface area contributed by atoms with Crippen LogP contribution in [0.3, 0.4) is 0 Å². The Kier molecular flexibility index (Phi) is 5.23. The minimum Gasteiger partial charge on any atom is -0.351 e. The first kappa shape index (κ1) is 18.7. The molecule has 0 saturated heterocycles. The van der Waals surface area contributed by atoms with Crippen LogP contribution in [-0.4, -0.2) is 33.6 Å². The van der Waals surface area contributed by atoms with Crippen LogP contribution in [0, 0.1) is 0 Å². The predicted octanol–water partition coefficient (Wildman–Crippen LogP) is 3.52. The molecular formula is C20H25N3O2S. The molecule has 0 bridgehead atoms. The van der Waals surface area contributed by atoms with Crippen molar-refractivity contribution < 1.29 is 9.59 Å². The van der Waals surface area contributed by atoms with Gasteiger partial charge in [0, 0.05) is 17.0 Å². The topological polar surface area (TPSA) is 71.1 Å². The molecule has 1 unspecified atom stereocenters. The number of carbonyl (C=O) groups excluding carboxylic acids is 2. The predicted molar refractivity (Wildman–Crippen MR) is 105 cm³/mol. The summed E-state index contributed by atoms with van der Waals surface area (Å²) in [5.74, 6) is -0.110. The lowest BCUT2D eigenvalue weighted by molar-refractivity contribution is -0.121. The summed E-state index contributed by atoms with van der Waals surface area (Å²) in [6.07, 6.45) is 2.08. The van der Waals surface area contributed by atoms with Gasteiger partial charge >= 0.3 is 0 Å². The van der Waals surface area contributed by atoms with Crippen molar-refractivity contribution in [3.05, 3.63) is 35.9 Å². The number of pyridine rings is 1. The van der Waals surface area contributed by atoms with Gasteiger partial charge in [-0.2, -0.15) is 0 Å². The number of fused-ring (bicyclic) bond motifs is 1. The highest BCUT2D eigenvalue weighted by Gasteiger charge is 2.26. The fraction of sp³-hybridized carbons (Fsp3) is 0.450. The quantitative estimate of drug-likeness (QED) is 0.789. The highest BCUT2D eigenvalue weighted by atomic mass is 32.2. The lowest BCUT2D eigenvalue weighted by atomic mass is 10.1. The average Bonchev–Trinajstić information content (AvgIpc) is 3.36. The molecular weight excluding hydrogens is 346 g/mol. The molecule has 3 rings (SSSR count). The Balaban J connectivity index is 1.86. The first-order valence-electron chi connectivity index (χ1n) is 8.92. The molecule has 138 valence electrons. The smallest absolute Gasteiger partial charge is 0.252 e. The van der Waals surface area contributed by atoms with Gasteiger partial charge < -0.3 is 10.6 Å². The summed E-state index contributed by atoms with van der Waals surface area (Å²) in [4.78, 5) is 29.6. The number of aromatic nitrogens is 1. The van der Waals surface area contributed by atoms with Crippen LogP contribution < -0.4 is 10.6 Å². The van der Waals surface area contributed by atoms with Crippen molar-refractivity contribution in [2.24, 2.45) is 0 Å². The third-order valence-corrected chi connectivity index (χ3v) is 5.03. The Morgan fingerprint density at radius 3 is 2.58 bits per heavy atom. The number of amides is 2. The fourth-order valence-electron chi connectivity index (χ4n) is 2.60. The second kappa shape index (κ2) is 7.27. The molecule has 0 aliphatic heterocycles. The van der Waals surface area contributed by atoms with Gasteiger partial charge in [0.25, 0.3) is 5.91 Å². The largest absolute Gasteiger partial charge is 0.351 e. The van der Waals surface area contributed by atoms with Crippen LogP contribution in [0.2, 0.25) is 0 Å². The second-order valence-electron chi connectivity index (χ2n) is 7.77. The highest BCUT2D eigenvalue weighted by molar-refractivity contribution is 8.00. The number of rotatable bonds is 5. The van der Waals surface area contributed by atoms with E-state index in [0.717, 1.165) is 23.7 Å². The number of nitrogens with zero attached hydrogens (tertiary/aromatic N) is 1. The van der Waals surface area contributed by atoms with E-state index in [-0.39, 0.29) is 22.6 Å². The summed E-state index contributed by atoms with van der Waals surface area (Å²) in [5, 5.41) is 7.24. The zero-order valence-electron chi connectivity index (χ0n) is 15.6. The van der Waals surface area contributed by atoms with Gasteiger partial charge in [0.2, 0.25) is 5.91 Å². The molecule has 1 heterocycles. The highest BCUT2D eigenvalue weighted by Crippen LogP contribution is 2.28. The standard InChI is InChI=1S/C20H25N3O2S/c1-12(18(24)23-20(2,3)4)26-17-11-15(19(25)21-13-9-10-13)14-7-5-6-8-16(14)22-17/h5-8,11-13H,9-10H2,1-4H3,(H,21,25)(H,23,24). The summed E-state index contributed by atoms with van der Waals surface area (Å²) >= 11 is 1.37. The van der Waals surface area contributed by atoms with E-state index < -0.39 is 0 Å². The average molecular weight is 372 g/mol. The normalized spacial score (nSPS) is 15.5. The number of thioether (sulfide) groups is 1. The first-order valence-corrected chi connectivity index (χ1v) is 9.80. The zero-order valence-corrected chi connectivity index (χ0v) is 16.4. The van der Waals surface area contributed by atoms with Gasteiger partial charge in [-0.25, -0.2) is 4.98 Å². The van der Waals surface area contributed by atoms with Crippen LogP contribution in [0.15, 0.2) is 35.4 Å². The minimum absolute atomic E-state index is 0.0403. The van der Waals surface area contributed by atoms with Crippen molar-refractivity contribution in [3.8, 4) is 0 Å². The summed E-state index contributed by atoms with van der Waals surface area (Å²) in [5.41, 5.74) is 1.10. The Morgan fingerprint density at radius 2 is 1.92 bits per heavy atom. The van der Waals surface area contributed by atoms with E-state index in [0.29, 0.717) is 16.6 Å². The van der Waals surface area contributed by atoms with E-state index in [1.807, 2.05) is 52.0 Å². The van der Waals surface area contributed by atoms with Crippen molar-refractivity contribution in [2.75, 3.05) is 0 Å². The van der Waals surface area contributed by atoms with Gasteiger partial charge in [0.1, 0.15) is 0 Å². The van der Waals surface area contributed by atoms with E-state index in [4.69, 9.17) is 0 Å². The molecule has 1 fully saturated rings. The summed E-state index contributed by atoms with van der Waals surface area (Å²) in [6.45, 7) is 7.72. The molecule has 1 atom stereocenters. The Bertz CT molecular complexity index is 841. The molecule has 0 radical (unpaired) electrons. The molecule has 1 aliphatic carbocycles. The monoisotopic (exact) mass is 371 g/mol. The molecule has 26 heavy (non-hydrogen) atoms. The molecule has 1 aromatic carbocycles. The third-order valence-electron chi connectivity index (χ3n) is 4.01. The lowest BCUT2D eigenvalue weighted by Gasteiger charge is -2.23. The Hall–Kier alpha value is -2.08. The maximum Gasteiger partial charge on any atom is 0.252 e. The molecule has 1 aromatic heterocycles. The summed E-state index contributed by atoms with van der Waals surface area (Å²) in [7, 11) is 0. The Labute approximate surface area is 158 Å². The number of nitrogens with one attached hydrogen (secondary N) is 2. The molecule has 2 aromatic rings. The van der Waals surface area contributed by atoms with Crippen LogP contribution in [0.4, 0.5) is 0 Å². The van der Waals surface area contributed by atoms with E-state index in [2.05, 4.69) is 15.6 Å². The minimum atomic E-state index is -0.303. The molecule has 1 saturated carbocycles. The summed E-state index contributed by atoms with van der Waals surface area (Å²) in [6, 6.07) is 9.71. The second-order valence-corrected chi connectivity index (χ2v) is 9.13. The van der Waals surface area contributed by atoms with Gasteiger partial charge in [-0.1, -0.05) is 30.0 Å². The summed E-state index contributed by atoms with van der Waals surface area (Å²) < 4.78 is 0. The first-order chi connectivity index (χ1) is 12.2. The Morgan fingerprint density at radius 1 is 1.23 bits per heavy atom. The van der Waals surface area contributed by atoms with E-state index in [1.54, 1.807) is 6.07 Å². The fourth-order valence-corrected chi connectivity index (χ4v) is 3.46. The van der Waals surface area contributed by atoms with Crippen molar-refractivity contribution in [3.63, 3.8) is 0 Å². The molecule has 2 amide bonds. The van der Waals surface area contributed by atoms with Gasteiger partial charge in [-0.3, -0.25) is 9.59 Å². The van der Waals surface area contributed by atoms with Crippen molar-refractivity contribution in [2.45, 2.75) is 62.4 Å². The van der Waals surface area contributed by atoms with E-state index >= 15 is 0 Å². The maximum absolute atomic E-state index is 12.6. The lowest BCUT2D eigenvalue weighted by Crippen LogP contribution is -2.44. The molecule has 0 spiro atoms. The van der Waals surface area contributed by atoms with Gasteiger partial charge in [0.15, 0.2) is 0 Å². The van der Waals surface area contributed by atoms with Crippen LogP contribution in [-0.2, 0) is 4.79 Å². The number of benzene rings is 1. The molecule has 6 heteroatoms. The number of para-hydroxylation sites is 1. The SMILES string of the molecule is CC(Sc1cc(C(=O)NC2CC2)c2ccccc2n1)C(=O)NC(C)(C)C. The van der Waals surface area contributed by atoms with Crippen LogP contribution in [0.1, 0.15) is 50.9 Å². The van der Waals surface area contributed by atoms with E-state index in [1.165, 1.54) is 11.8 Å². The van der Waals surface area contributed by atoms with Crippen LogP contribution in [0.25, 0.3) is 10.9 Å². The number of hydrogen-bond acceptors (Lipinski definition) is 4. The van der Waals surface area contributed by atoms with E-state index in [9.17, 15) is 9.59 Å². The van der Waals surface area contributed by atoms with Gasteiger partial charge in [-0.15, -0.1) is 0 Å². The number of hydrogen-bond donors (Lipinski definition) is 2. The van der Waals surface area contributed by atoms with Crippen molar-refractivity contribution in [1.29, 1.82) is 0 Å². The maximum atomic E-state index is 12.6. The zero-order chi connectivity index (χ0) is 18.9. The van der Waals surface area contributed by atoms with Crippen LogP contribution in [0.5, 0.6) is 0 Å². The molecule has 2 N–H and O–H groups in total. The number of carbonyl (C=O) groups is 2. The van der Waals surface area contributed by atoms with Gasteiger partial charge in [0.05, 0.1) is 21.4 Å². The molecule has 5 nitrogen and oxygen atoms in total. The van der Waals surface area contributed by atoms with Crippen molar-refractivity contribution in [1.82, 2.24) is 15.6 Å². The van der Waals surface area contributed by atoms with Crippen LogP contribution >= 0.6 is 11.8 Å². The van der Waals surface area contributed by atoms with Gasteiger partial charge in [-0.05, 0) is 52.7 Å².